The number of esters is 1. The second kappa shape index (κ2) is 5.48. The predicted octanol–water partition coefficient (Wildman–Crippen LogP) is 0.281. The minimum atomic E-state index is -1.21. The molecule has 5 heteroatoms. The molecular formula is C10H17NO4. The number of ether oxygens (including phenoxy) is 1. The molecule has 5 nitrogen and oxygen atoms in total. The molecular weight excluding hydrogens is 198 g/mol. The van der Waals surface area contributed by atoms with Crippen LogP contribution in [0.15, 0.2) is 0 Å². The molecule has 1 N–H and O–H groups in total. The maximum absolute atomic E-state index is 11.6. The lowest BCUT2D eigenvalue weighted by molar-refractivity contribution is -0.157. The van der Waals surface area contributed by atoms with E-state index in [1.165, 1.54) is 20.8 Å². The summed E-state index contributed by atoms with van der Waals surface area (Å²) < 4.78 is 4.76. The Morgan fingerprint density at radius 3 is 2.20 bits per heavy atom. The second-order valence-electron chi connectivity index (χ2n) is 3.68. The van der Waals surface area contributed by atoms with Crippen LogP contribution in [0.4, 0.5) is 0 Å². The molecule has 0 aromatic carbocycles. The molecule has 0 aliphatic carbocycles. The Labute approximate surface area is 89.2 Å². The molecule has 0 saturated carbocycles. The van der Waals surface area contributed by atoms with E-state index in [4.69, 9.17) is 4.74 Å². The average molecular weight is 215 g/mol. The topological polar surface area (TPSA) is 72.5 Å². The number of hydrogen-bond donors (Lipinski definition) is 1. The minimum Gasteiger partial charge on any atom is -0.465 e. The molecule has 0 aromatic heterocycles. The molecule has 0 atom stereocenters. The zero-order valence-corrected chi connectivity index (χ0v) is 9.55. The Bertz CT molecular complexity index is 271. The van der Waals surface area contributed by atoms with E-state index in [1.54, 1.807) is 6.92 Å². The first-order valence-electron chi connectivity index (χ1n) is 4.77. The molecule has 0 fully saturated rings. The highest BCUT2D eigenvalue weighted by Gasteiger charge is 2.36. The van der Waals surface area contributed by atoms with E-state index in [-0.39, 0.29) is 24.8 Å². The minimum absolute atomic E-state index is 0.152. The monoisotopic (exact) mass is 215 g/mol. The van der Waals surface area contributed by atoms with Gasteiger partial charge in [0.2, 0.25) is 5.91 Å². The quantitative estimate of drug-likeness (QED) is 0.528. The zero-order valence-electron chi connectivity index (χ0n) is 9.55. The van der Waals surface area contributed by atoms with E-state index in [0.29, 0.717) is 0 Å². The van der Waals surface area contributed by atoms with Crippen LogP contribution in [0.5, 0.6) is 0 Å². The smallest absolute Gasteiger partial charge is 0.319 e. The summed E-state index contributed by atoms with van der Waals surface area (Å²) in [4.78, 5) is 33.6. The highest BCUT2D eigenvalue weighted by molar-refractivity contribution is 6.04. The molecule has 0 aromatic rings. The number of ketones is 1. The summed E-state index contributed by atoms with van der Waals surface area (Å²) in [7, 11) is 0. The summed E-state index contributed by atoms with van der Waals surface area (Å²) in [5.74, 6) is -1.24. The number of Topliss-reactive ketones (excluding diaryl/α,β-unsaturated/α-hetero) is 1. The van der Waals surface area contributed by atoms with Crippen LogP contribution < -0.4 is 5.32 Å². The van der Waals surface area contributed by atoms with Gasteiger partial charge in [-0.05, 0) is 20.8 Å². The van der Waals surface area contributed by atoms with Gasteiger partial charge in [0.25, 0.3) is 0 Å². The molecule has 15 heavy (non-hydrogen) atoms. The highest BCUT2D eigenvalue weighted by atomic mass is 16.5. The fourth-order valence-corrected chi connectivity index (χ4v) is 0.851. The van der Waals surface area contributed by atoms with Crippen LogP contribution in [0.1, 0.15) is 27.7 Å². The first-order chi connectivity index (χ1) is 6.82. The third-order valence-corrected chi connectivity index (χ3v) is 1.98. The largest absolute Gasteiger partial charge is 0.465 e. The number of amides is 1. The first-order valence-corrected chi connectivity index (χ1v) is 4.77. The van der Waals surface area contributed by atoms with Crippen molar-refractivity contribution in [1.82, 2.24) is 5.32 Å². The van der Waals surface area contributed by atoms with Gasteiger partial charge in [-0.1, -0.05) is 0 Å². The van der Waals surface area contributed by atoms with Crippen LogP contribution in [-0.4, -0.2) is 30.8 Å². The summed E-state index contributed by atoms with van der Waals surface area (Å²) in [6.45, 7) is 6.03. The van der Waals surface area contributed by atoms with Crippen LogP contribution in [-0.2, 0) is 19.1 Å². The van der Waals surface area contributed by atoms with Gasteiger partial charge in [-0.3, -0.25) is 14.4 Å². The molecule has 0 aliphatic heterocycles. The average Bonchev–Trinajstić information content (AvgIpc) is 2.14. The Morgan fingerprint density at radius 2 is 1.80 bits per heavy atom. The lowest BCUT2D eigenvalue weighted by atomic mass is 9.88. The molecule has 0 heterocycles. The Kier molecular flexibility index (Phi) is 4.97. The van der Waals surface area contributed by atoms with Crippen molar-refractivity contribution >= 4 is 17.7 Å². The summed E-state index contributed by atoms with van der Waals surface area (Å²) >= 11 is 0. The van der Waals surface area contributed by atoms with Crippen LogP contribution in [0.25, 0.3) is 0 Å². The molecule has 0 unspecified atom stereocenters. The van der Waals surface area contributed by atoms with Gasteiger partial charge in [-0.15, -0.1) is 0 Å². The van der Waals surface area contributed by atoms with Crippen LogP contribution in [0.3, 0.4) is 0 Å². The SMILES string of the molecule is CCOC(=O)C(C)(C)C(=O)CNC(C)=O. The van der Waals surface area contributed by atoms with E-state index in [0.717, 1.165) is 0 Å². The molecule has 0 spiro atoms. The standard InChI is InChI=1S/C10H17NO4/c1-5-15-9(14)10(3,4)8(13)6-11-7(2)12/h5-6H2,1-4H3,(H,11,12). The lowest BCUT2D eigenvalue weighted by Crippen LogP contribution is -2.41. The lowest BCUT2D eigenvalue weighted by Gasteiger charge is -2.20. The first kappa shape index (κ1) is 13.6. The van der Waals surface area contributed by atoms with Crippen molar-refractivity contribution in [2.45, 2.75) is 27.7 Å². The third kappa shape index (κ3) is 4.10. The predicted molar refractivity (Wildman–Crippen MR) is 54.1 cm³/mol. The maximum atomic E-state index is 11.6. The van der Waals surface area contributed by atoms with Gasteiger partial charge in [0, 0.05) is 6.92 Å². The van der Waals surface area contributed by atoms with Gasteiger partial charge in [-0.2, -0.15) is 0 Å². The van der Waals surface area contributed by atoms with Gasteiger partial charge in [-0.25, -0.2) is 0 Å². The number of hydrogen-bond acceptors (Lipinski definition) is 4. The maximum Gasteiger partial charge on any atom is 0.319 e. The van der Waals surface area contributed by atoms with Crippen LogP contribution in [0.2, 0.25) is 0 Å². The Morgan fingerprint density at radius 1 is 1.27 bits per heavy atom. The van der Waals surface area contributed by atoms with Crippen molar-refractivity contribution in [2.24, 2.45) is 5.41 Å². The number of nitrogens with one attached hydrogen (secondary N) is 1. The van der Waals surface area contributed by atoms with Crippen molar-refractivity contribution in [2.75, 3.05) is 13.2 Å². The number of carbonyl (C=O) groups is 3. The number of rotatable bonds is 5. The van der Waals surface area contributed by atoms with Gasteiger partial charge < -0.3 is 10.1 Å². The van der Waals surface area contributed by atoms with E-state index in [1.807, 2.05) is 0 Å². The molecule has 86 valence electrons. The van der Waals surface area contributed by atoms with Crippen molar-refractivity contribution in [3.05, 3.63) is 0 Å². The Hall–Kier alpha value is -1.39. The van der Waals surface area contributed by atoms with E-state index in [9.17, 15) is 14.4 Å². The number of carbonyl (C=O) groups excluding carboxylic acids is 3. The van der Waals surface area contributed by atoms with E-state index >= 15 is 0 Å². The normalized spacial score (nSPS) is 10.7. The fraction of sp³-hybridized carbons (Fsp3) is 0.700. The van der Waals surface area contributed by atoms with Crippen molar-refractivity contribution in [3.63, 3.8) is 0 Å². The van der Waals surface area contributed by atoms with Gasteiger partial charge in [0.1, 0.15) is 5.41 Å². The van der Waals surface area contributed by atoms with Crippen LogP contribution >= 0.6 is 0 Å². The summed E-state index contributed by atoms with van der Waals surface area (Å²) in [6.07, 6.45) is 0. The molecule has 0 bridgehead atoms. The van der Waals surface area contributed by atoms with Crippen molar-refractivity contribution < 1.29 is 19.1 Å². The highest BCUT2D eigenvalue weighted by Crippen LogP contribution is 2.18. The van der Waals surface area contributed by atoms with Gasteiger partial charge >= 0.3 is 5.97 Å². The van der Waals surface area contributed by atoms with E-state index in [2.05, 4.69) is 5.32 Å². The summed E-state index contributed by atoms with van der Waals surface area (Å²) in [5.41, 5.74) is -1.21. The van der Waals surface area contributed by atoms with Crippen molar-refractivity contribution in [3.8, 4) is 0 Å². The van der Waals surface area contributed by atoms with Crippen LogP contribution in [0, 0.1) is 5.41 Å². The Balaban J connectivity index is 4.37. The van der Waals surface area contributed by atoms with Crippen molar-refractivity contribution in [1.29, 1.82) is 0 Å². The summed E-state index contributed by atoms with van der Waals surface area (Å²) in [5, 5.41) is 2.35. The molecule has 1 amide bonds. The second-order valence-corrected chi connectivity index (χ2v) is 3.68. The fourth-order valence-electron chi connectivity index (χ4n) is 0.851. The molecule has 0 saturated heterocycles. The summed E-state index contributed by atoms with van der Waals surface area (Å²) in [6, 6.07) is 0. The molecule has 0 radical (unpaired) electrons. The molecule has 0 aliphatic rings. The van der Waals surface area contributed by atoms with Gasteiger partial charge in [0.15, 0.2) is 5.78 Å². The van der Waals surface area contributed by atoms with E-state index < -0.39 is 11.4 Å². The third-order valence-electron chi connectivity index (χ3n) is 1.98. The van der Waals surface area contributed by atoms with Gasteiger partial charge in [0.05, 0.1) is 13.2 Å². The zero-order chi connectivity index (χ0) is 12.1. The molecule has 0 rings (SSSR count).